The number of pyridine rings is 1. The van der Waals surface area contributed by atoms with Crippen LogP contribution in [0, 0.1) is 6.92 Å². The van der Waals surface area contributed by atoms with Crippen LogP contribution in [0.2, 0.25) is 5.02 Å². The highest BCUT2D eigenvalue weighted by Gasteiger charge is 2.22. The van der Waals surface area contributed by atoms with Crippen LogP contribution >= 0.6 is 11.6 Å². The lowest BCUT2D eigenvalue weighted by atomic mass is 9.98. The molecule has 2 aromatic carbocycles. The van der Waals surface area contributed by atoms with Crippen molar-refractivity contribution >= 4 is 29.3 Å². The maximum absolute atomic E-state index is 12.8. The highest BCUT2D eigenvalue weighted by atomic mass is 35.5. The van der Waals surface area contributed by atoms with Gasteiger partial charge in [0.2, 0.25) is 0 Å². The first-order valence-corrected chi connectivity index (χ1v) is 11.5. The summed E-state index contributed by atoms with van der Waals surface area (Å²) in [6.07, 6.45) is 2.00. The van der Waals surface area contributed by atoms with Crippen LogP contribution < -0.4 is 16.2 Å². The first-order valence-electron chi connectivity index (χ1n) is 11.1. The van der Waals surface area contributed by atoms with E-state index >= 15 is 0 Å². The molecule has 1 unspecified atom stereocenters. The van der Waals surface area contributed by atoms with Crippen LogP contribution in [0.15, 0.2) is 59.5 Å². The van der Waals surface area contributed by atoms with E-state index in [9.17, 15) is 19.5 Å². The molecule has 8 nitrogen and oxygen atoms in total. The number of benzene rings is 2. The lowest BCUT2D eigenvalue weighted by molar-refractivity contribution is -0.143. The minimum absolute atomic E-state index is 0.108. The molecule has 0 aliphatic rings. The van der Waals surface area contributed by atoms with Gasteiger partial charge in [0.25, 0.3) is 5.56 Å². The maximum atomic E-state index is 12.8. The number of esters is 1. The van der Waals surface area contributed by atoms with Crippen LogP contribution in [0.1, 0.15) is 41.6 Å². The number of nitrogens with one attached hydrogen (secondary N) is 2. The van der Waals surface area contributed by atoms with Gasteiger partial charge in [-0.2, -0.15) is 0 Å². The Kier molecular flexibility index (Phi) is 8.54. The van der Waals surface area contributed by atoms with Crippen molar-refractivity contribution in [3.63, 3.8) is 0 Å². The summed E-state index contributed by atoms with van der Waals surface area (Å²) in [6.45, 7) is 3.53. The number of rotatable bonds is 8. The van der Waals surface area contributed by atoms with Crippen molar-refractivity contribution in [2.75, 3.05) is 11.9 Å². The Balaban J connectivity index is 1.84. The van der Waals surface area contributed by atoms with Crippen LogP contribution in [-0.4, -0.2) is 28.3 Å². The quantitative estimate of drug-likeness (QED) is 0.398. The summed E-state index contributed by atoms with van der Waals surface area (Å²) in [4.78, 5) is 37.5. The predicted molar refractivity (Wildman–Crippen MR) is 135 cm³/mol. The SMILES string of the molecule is CCOC(=O)CC(NC(=O)Nc1c(O)c(C)cn(C)c1=O)c1cccc(Cc2ccc(Cl)cc2)c1. The van der Waals surface area contributed by atoms with Crippen molar-refractivity contribution in [3.05, 3.63) is 92.4 Å². The van der Waals surface area contributed by atoms with E-state index < -0.39 is 23.6 Å². The van der Waals surface area contributed by atoms with Gasteiger partial charge in [-0.15, -0.1) is 0 Å². The summed E-state index contributed by atoms with van der Waals surface area (Å²) in [5.74, 6) is -0.787. The Morgan fingerprint density at radius 3 is 2.54 bits per heavy atom. The molecule has 3 rings (SSSR count). The molecule has 3 aromatic rings. The molecule has 2 amide bonds. The largest absolute Gasteiger partial charge is 0.505 e. The van der Waals surface area contributed by atoms with E-state index in [0.29, 0.717) is 22.6 Å². The molecule has 35 heavy (non-hydrogen) atoms. The Morgan fingerprint density at radius 1 is 1.14 bits per heavy atom. The summed E-state index contributed by atoms with van der Waals surface area (Å²) in [6, 6.07) is 13.6. The third-order valence-electron chi connectivity index (χ3n) is 5.43. The van der Waals surface area contributed by atoms with E-state index in [1.54, 1.807) is 19.9 Å². The maximum Gasteiger partial charge on any atom is 0.319 e. The zero-order valence-electron chi connectivity index (χ0n) is 19.8. The van der Waals surface area contributed by atoms with E-state index in [1.165, 1.54) is 17.8 Å². The molecule has 0 saturated heterocycles. The number of urea groups is 1. The second kappa shape index (κ2) is 11.6. The number of aryl methyl sites for hydroxylation is 2. The number of hydrogen-bond donors (Lipinski definition) is 3. The van der Waals surface area contributed by atoms with Crippen molar-refractivity contribution < 1.29 is 19.4 Å². The van der Waals surface area contributed by atoms with Gasteiger partial charge in [-0.05, 0) is 49.1 Å². The minimum Gasteiger partial charge on any atom is -0.505 e. The molecule has 0 spiro atoms. The van der Waals surface area contributed by atoms with Gasteiger partial charge >= 0.3 is 12.0 Å². The highest BCUT2D eigenvalue weighted by Crippen LogP contribution is 2.24. The van der Waals surface area contributed by atoms with Crippen molar-refractivity contribution in [1.29, 1.82) is 0 Å². The van der Waals surface area contributed by atoms with E-state index in [2.05, 4.69) is 10.6 Å². The van der Waals surface area contributed by atoms with Gasteiger partial charge in [-0.1, -0.05) is 48.0 Å². The topological polar surface area (TPSA) is 110 Å². The molecule has 3 N–H and O–H groups in total. The van der Waals surface area contributed by atoms with Gasteiger partial charge in [0.1, 0.15) is 5.75 Å². The second-order valence-corrected chi connectivity index (χ2v) is 8.60. The van der Waals surface area contributed by atoms with Crippen LogP contribution in [-0.2, 0) is 23.0 Å². The summed E-state index contributed by atoms with van der Waals surface area (Å²) in [5, 5.41) is 16.1. The summed E-state index contributed by atoms with van der Waals surface area (Å²) in [5.41, 5.74) is 2.36. The summed E-state index contributed by atoms with van der Waals surface area (Å²) < 4.78 is 6.35. The average molecular weight is 498 g/mol. The van der Waals surface area contributed by atoms with Crippen molar-refractivity contribution in [2.24, 2.45) is 7.05 Å². The zero-order valence-corrected chi connectivity index (χ0v) is 20.6. The van der Waals surface area contributed by atoms with Crippen molar-refractivity contribution in [3.8, 4) is 5.75 Å². The fraction of sp³-hybridized carbons (Fsp3) is 0.269. The highest BCUT2D eigenvalue weighted by molar-refractivity contribution is 6.30. The molecule has 0 fully saturated rings. The Bertz CT molecular complexity index is 1270. The van der Waals surface area contributed by atoms with Crippen LogP contribution in [0.5, 0.6) is 5.75 Å². The average Bonchev–Trinajstić information content (AvgIpc) is 2.82. The van der Waals surface area contributed by atoms with Crippen LogP contribution in [0.4, 0.5) is 10.5 Å². The van der Waals surface area contributed by atoms with Gasteiger partial charge in [0, 0.05) is 23.8 Å². The van der Waals surface area contributed by atoms with Gasteiger partial charge in [-0.3, -0.25) is 9.59 Å². The monoisotopic (exact) mass is 497 g/mol. The van der Waals surface area contributed by atoms with Crippen LogP contribution in [0.3, 0.4) is 0 Å². The first-order chi connectivity index (χ1) is 16.7. The Morgan fingerprint density at radius 2 is 1.86 bits per heavy atom. The second-order valence-electron chi connectivity index (χ2n) is 8.16. The number of anilines is 1. The molecule has 0 saturated carbocycles. The standard InChI is InChI=1S/C26H28ClN3O5/c1-4-35-22(31)14-21(28-26(34)29-23-24(32)16(2)15-30(3)25(23)33)19-7-5-6-18(13-19)12-17-8-10-20(27)11-9-17/h5-11,13,15,21,32H,4,12,14H2,1-3H3,(H2,28,29,34). The molecular formula is C26H28ClN3O5. The number of carbonyl (C=O) groups excluding carboxylic acids is 2. The number of carbonyl (C=O) groups is 2. The zero-order chi connectivity index (χ0) is 25.5. The number of amides is 2. The molecule has 1 aromatic heterocycles. The van der Waals surface area contributed by atoms with Gasteiger partial charge in [0.05, 0.1) is 19.1 Å². The molecule has 1 atom stereocenters. The molecule has 9 heteroatoms. The summed E-state index contributed by atoms with van der Waals surface area (Å²) in [7, 11) is 1.52. The number of nitrogens with zero attached hydrogens (tertiary/aromatic N) is 1. The third kappa shape index (κ3) is 6.86. The third-order valence-corrected chi connectivity index (χ3v) is 5.68. The summed E-state index contributed by atoms with van der Waals surface area (Å²) >= 11 is 5.97. The molecular weight excluding hydrogens is 470 g/mol. The molecule has 0 bridgehead atoms. The number of ether oxygens (including phenoxy) is 1. The van der Waals surface area contributed by atoms with E-state index in [4.69, 9.17) is 16.3 Å². The Labute approximate surface area is 208 Å². The lowest BCUT2D eigenvalue weighted by Gasteiger charge is -2.20. The first kappa shape index (κ1) is 25.8. The van der Waals surface area contributed by atoms with E-state index in [1.807, 2.05) is 42.5 Å². The van der Waals surface area contributed by atoms with Crippen LogP contribution in [0.25, 0.3) is 0 Å². The molecule has 184 valence electrons. The number of halogens is 1. The normalized spacial score (nSPS) is 11.5. The number of aromatic nitrogens is 1. The van der Waals surface area contributed by atoms with Gasteiger partial charge in [0.15, 0.2) is 5.69 Å². The fourth-order valence-electron chi connectivity index (χ4n) is 3.70. The minimum atomic E-state index is -0.736. The Hall–Kier alpha value is -3.78. The van der Waals surface area contributed by atoms with Gasteiger partial charge in [-0.25, -0.2) is 4.79 Å². The van der Waals surface area contributed by atoms with Gasteiger partial charge < -0.3 is 25.0 Å². The predicted octanol–water partition coefficient (Wildman–Crippen LogP) is 4.46. The fourth-order valence-corrected chi connectivity index (χ4v) is 3.83. The molecule has 0 aliphatic carbocycles. The lowest BCUT2D eigenvalue weighted by Crippen LogP contribution is -2.36. The molecule has 0 radical (unpaired) electrons. The smallest absolute Gasteiger partial charge is 0.319 e. The van der Waals surface area contributed by atoms with E-state index in [-0.39, 0.29) is 24.5 Å². The number of hydrogen-bond acceptors (Lipinski definition) is 5. The molecule has 0 aliphatic heterocycles. The van der Waals surface area contributed by atoms with Crippen molar-refractivity contribution in [1.82, 2.24) is 9.88 Å². The van der Waals surface area contributed by atoms with Crippen molar-refractivity contribution in [2.45, 2.75) is 32.7 Å². The molecule has 1 heterocycles. The number of aromatic hydroxyl groups is 1. The van der Waals surface area contributed by atoms with E-state index in [0.717, 1.165) is 11.1 Å².